The molecule has 0 aliphatic heterocycles. The van der Waals surface area contributed by atoms with E-state index in [0.717, 1.165) is 31.1 Å². The molecule has 2 nitrogen and oxygen atoms in total. The Bertz CT molecular complexity index is 371. The zero-order valence-electron chi connectivity index (χ0n) is 10.9. The molecule has 1 unspecified atom stereocenters. The van der Waals surface area contributed by atoms with E-state index in [2.05, 4.69) is 25.1 Å². The smallest absolute Gasteiger partial charge is 0.122 e. The topological polar surface area (TPSA) is 35.2 Å². The quantitative estimate of drug-likeness (QED) is 0.820. The Kier molecular flexibility index (Phi) is 4.06. The molecule has 1 fully saturated rings. The number of benzene rings is 1. The van der Waals surface area contributed by atoms with Gasteiger partial charge in [0, 0.05) is 0 Å². The Morgan fingerprint density at radius 2 is 2.18 bits per heavy atom. The van der Waals surface area contributed by atoms with E-state index < -0.39 is 0 Å². The molecule has 0 spiro atoms. The molecular formula is C15H23NO. The highest BCUT2D eigenvalue weighted by Crippen LogP contribution is 2.39. The predicted molar refractivity (Wildman–Crippen MR) is 71.3 cm³/mol. The van der Waals surface area contributed by atoms with Crippen LogP contribution in [0, 0.1) is 11.8 Å². The van der Waals surface area contributed by atoms with E-state index in [4.69, 9.17) is 10.5 Å². The maximum absolute atomic E-state index is 5.88. The summed E-state index contributed by atoms with van der Waals surface area (Å²) < 4.78 is 5.45. The molecule has 0 radical (unpaired) electrons. The molecule has 94 valence electrons. The Labute approximate surface area is 104 Å². The van der Waals surface area contributed by atoms with E-state index in [1.807, 2.05) is 0 Å². The van der Waals surface area contributed by atoms with Gasteiger partial charge >= 0.3 is 0 Å². The lowest BCUT2D eigenvalue weighted by Gasteiger charge is -2.16. The number of aryl methyl sites for hydroxylation is 1. The molecule has 0 bridgehead atoms. The molecule has 1 saturated carbocycles. The first kappa shape index (κ1) is 12.4. The third kappa shape index (κ3) is 3.01. The van der Waals surface area contributed by atoms with Crippen LogP contribution in [0.5, 0.6) is 5.75 Å². The lowest BCUT2D eigenvalue weighted by Crippen LogP contribution is -2.19. The average molecular weight is 233 g/mol. The maximum atomic E-state index is 5.88. The molecular weight excluding hydrogens is 210 g/mol. The number of hydrogen-bond donors (Lipinski definition) is 1. The van der Waals surface area contributed by atoms with E-state index in [0.29, 0.717) is 5.92 Å². The van der Waals surface area contributed by atoms with Crippen LogP contribution in [0.3, 0.4) is 0 Å². The summed E-state index contributed by atoms with van der Waals surface area (Å²) in [5, 5.41) is 0. The molecule has 0 aromatic heterocycles. The molecule has 2 N–H and O–H groups in total. The minimum atomic E-state index is 0.635. The average Bonchev–Trinajstić information content (AvgIpc) is 3.19. The van der Waals surface area contributed by atoms with Gasteiger partial charge in [-0.1, -0.05) is 19.1 Å². The van der Waals surface area contributed by atoms with Gasteiger partial charge in [-0.2, -0.15) is 0 Å². The molecule has 1 aliphatic carbocycles. The maximum Gasteiger partial charge on any atom is 0.122 e. The number of ether oxygens (including phenoxy) is 1. The molecule has 0 heterocycles. The van der Waals surface area contributed by atoms with Crippen LogP contribution in [0.15, 0.2) is 18.2 Å². The minimum absolute atomic E-state index is 0.635. The number of rotatable bonds is 6. The molecule has 0 saturated heterocycles. The molecule has 1 aromatic carbocycles. The van der Waals surface area contributed by atoms with Gasteiger partial charge in [0.15, 0.2) is 0 Å². The molecule has 1 aromatic rings. The van der Waals surface area contributed by atoms with Gasteiger partial charge < -0.3 is 10.5 Å². The molecule has 17 heavy (non-hydrogen) atoms. The van der Waals surface area contributed by atoms with Gasteiger partial charge in [-0.15, -0.1) is 0 Å². The van der Waals surface area contributed by atoms with Gasteiger partial charge in [-0.05, 0) is 61.3 Å². The van der Waals surface area contributed by atoms with Crippen molar-refractivity contribution in [3.05, 3.63) is 29.3 Å². The van der Waals surface area contributed by atoms with E-state index in [-0.39, 0.29) is 0 Å². The summed E-state index contributed by atoms with van der Waals surface area (Å²) in [5.74, 6) is 2.51. The number of methoxy groups -OCH3 is 1. The van der Waals surface area contributed by atoms with Crippen LogP contribution in [-0.2, 0) is 12.8 Å². The summed E-state index contributed by atoms with van der Waals surface area (Å²) in [6.45, 7) is 2.98. The summed E-state index contributed by atoms with van der Waals surface area (Å²) in [6.07, 6.45) is 4.86. The van der Waals surface area contributed by atoms with Crippen molar-refractivity contribution < 1.29 is 4.74 Å². The highest BCUT2D eigenvalue weighted by Gasteiger charge is 2.30. The van der Waals surface area contributed by atoms with Crippen LogP contribution in [-0.4, -0.2) is 13.7 Å². The van der Waals surface area contributed by atoms with E-state index >= 15 is 0 Å². The summed E-state index contributed by atoms with van der Waals surface area (Å²) >= 11 is 0. The van der Waals surface area contributed by atoms with E-state index in [9.17, 15) is 0 Å². The molecule has 1 aliphatic rings. The van der Waals surface area contributed by atoms with Crippen LogP contribution in [0.25, 0.3) is 0 Å². The van der Waals surface area contributed by atoms with Crippen molar-refractivity contribution in [1.29, 1.82) is 0 Å². The summed E-state index contributed by atoms with van der Waals surface area (Å²) in [6, 6.07) is 6.52. The van der Waals surface area contributed by atoms with Crippen LogP contribution >= 0.6 is 0 Å². The normalized spacial score (nSPS) is 16.9. The number of hydrogen-bond acceptors (Lipinski definition) is 2. The molecule has 1 atom stereocenters. The van der Waals surface area contributed by atoms with Gasteiger partial charge in [-0.25, -0.2) is 0 Å². The Hall–Kier alpha value is -1.02. The summed E-state index contributed by atoms with van der Waals surface area (Å²) in [7, 11) is 1.75. The van der Waals surface area contributed by atoms with Crippen molar-refractivity contribution >= 4 is 0 Å². The fourth-order valence-corrected chi connectivity index (χ4v) is 2.50. The standard InChI is InChI=1S/C15H23NO/c1-3-11-4-7-15(17-2)13(8-11)9-14(10-16)12-5-6-12/h4,7-8,12,14H,3,5-6,9-10,16H2,1-2H3. The van der Waals surface area contributed by atoms with Crippen LogP contribution in [0.1, 0.15) is 30.9 Å². The van der Waals surface area contributed by atoms with Crippen molar-refractivity contribution in [2.75, 3.05) is 13.7 Å². The van der Waals surface area contributed by atoms with Gasteiger partial charge in [0.1, 0.15) is 5.75 Å². The van der Waals surface area contributed by atoms with Gasteiger partial charge in [0.25, 0.3) is 0 Å². The Balaban J connectivity index is 2.16. The second kappa shape index (κ2) is 5.54. The van der Waals surface area contributed by atoms with Crippen molar-refractivity contribution in [2.24, 2.45) is 17.6 Å². The first-order chi connectivity index (χ1) is 8.28. The first-order valence-electron chi connectivity index (χ1n) is 6.64. The van der Waals surface area contributed by atoms with E-state index in [1.165, 1.54) is 24.0 Å². The number of nitrogens with two attached hydrogens (primary N) is 1. The van der Waals surface area contributed by atoms with Crippen molar-refractivity contribution in [2.45, 2.75) is 32.6 Å². The second-order valence-corrected chi connectivity index (χ2v) is 5.04. The van der Waals surface area contributed by atoms with Gasteiger partial charge in [0.2, 0.25) is 0 Å². The van der Waals surface area contributed by atoms with Crippen LogP contribution in [0.2, 0.25) is 0 Å². The largest absolute Gasteiger partial charge is 0.496 e. The van der Waals surface area contributed by atoms with Crippen molar-refractivity contribution in [3.63, 3.8) is 0 Å². The van der Waals surface area contributed by atoms with Gasteiger partial charge in [-0.3, -0.25) is 0 Å². The zero-order valence-corrected chi connectivity index (χ0v) is 10.9. The highest BCUT2D eigenvalue weighted by atomic mass is 16.5. The lowest BCUT2D eigenvalue weighted by molar-refractivity contribution is 0.398. The van der Waals surface area contributed by atoms with Crippen molar-refractivity contribution in [1.82, 2.24) is 0 Å². The SMILES string of the molecule is CCc1ccc(OC)c(CC(CN)C2CC2)c1. The lowest BCUT2D eigenvalue weighted by atomic mass is 9.93. The molecule has 2 heteroatoms. The highest BCUT2D eigenvalue weighted by molar-refractivity contribution is 5.37. The second-order valence-electron chi connectivity index (χ2n) is 5.04. The van der Waals surface area contributed by atoms with Gasteiger partial charge in [0.05, 0.1) is 7.11 Å². The zero-order chi connectivity index (χ0) is 12.3. The first-order valence-corrected chi connectivity index (χ1v) is 6.64. The summed E-state index contributed by atoms with van der Waals surface area (Å²) in [4.78, 5) is 0. The third-order valence-corrected chi connectivity index (χ3v) is 3.83. The monoisotopic (exact) mass is 233 g/mol. The van der Waals surface area contributed by atoms with Crippen LogP contribution < -0.4 is 10.5 Å². The third-order valence-electron chi connectivity index (χ3n) is 3.83. The fourth-order valence-electron chi connectivity index (χ4n) is 2.50. The molecule has 0 amide bonds. The fraction of sp³-hybridized carbons (Fsp3) is 0.600. The predicted octanol–water partition coefficient (Wildman–Crippen LogP) is 2.79. The Morgan fingerprint density at radius 3 is 2.71 bits per heavy atom. The minimum Gasteiger partial charge on any atom is -0.496 e. The van der Waals surface area contributed by atoms with E-state index in [1.54, 1.807) is 7.11 Å². The Morgan fingerprint density at radius 1 is 1.41 bits per heavy atom. The molecule has 2 rings (SSSR count). The van der Waals surface area contributed by atoms with Crippen LogP contribution in [0.4, 0.5) is 0 Å². The van der Waals surface area contributed by atoms with Crippen molar-refractivity contribution in [3.8, 4) is 5.75 Å². The summed E-state index contributed by atoms with van der Waals surface area (Å²) in [5.41, 5.74) is 8.59.